The zero-order valence-corrected chi connectivity index (χ0v) is 21.0. The van der Waals surface area contributed by atoms with Gasteiger partial charge in [0.2, 0.25) is 5.91 Å². The lowest BCUT2D eigenvalue weighted by atomic mass is 10.1. The molecule has 10 heteroatoms. The molecule has 1 aliphatic heterocycles. The second-order valence-electron chi connectivity index (χ2n) is 8.51. The number of aromatic nitrogens is 4. The Bertz CT molecular complexity index is 1140. The zero-order chi connectivity index (χ0) is 24.1. The molecule has 1 amide bonds. The van der Waals surface area contributed by atoms with Crippen LogP contribution in [-0.2, 0) is 17.8 Å². The third-order valence-electron chi connectivity index (χ3n) is 5.66. The van der Waals surface area contributed by atoms with Crippen LogP contribution in [-0.4, -0.2) is 64.8 Å². The van der Waals surface area contributed by atoms with E-state index in [0.29, 0.717) is 29.8 Å². The van der Waals surface area contributed by atoms with Crippen LogP contribution in [0.1, 0.15) is 32.3 Å². The predicted molar refractivity (Wildman–Crippen MR) is 134 cm³/mol. The molecule has 1 aliphatic rings. The van der Waals surface area contributed by atoms with E-state index in [2.05, 4.69) is 29.2 Å². The minimum atomic E-state index is -0.0629. The van der Waals surface area contributed by atoms with Crippen molar-refractivity contribution in [2.75, 3.05) is 38.8 Å². The maximum Gasteiger partial charge on any atom is 0.224 e. The van der Waals surface area contributed by atoms with Crippen LogP contribution in [0.3, 0.4) is 0 Å². The minimum Gasteiger partial charge on any atom is -0.493 e. The van der Waals surface area contributed by atoms with E-state index < -0.39 is 0 Å². The van der Waals surface area contributed by atoms with Gasteiger partial charge in [-0.05, 0) is 30.5 Å². The number of carbonyl (C=O) groups excluding carboxylic acids is 1. The van der Waals surface area contributed by atoms with E-state index in [4.69, 9.17) is 19.4 Å². The van der Waals surface area contributed by atoms with E-state index in [1.165, 1.54) is 12.8 Å². The summed E-state index contributed by atoms with van der Waals surface area (Å²) in [5.41, 5.74) is 1.67. The summed E-state index contributed by atoms with van der Waals surface area (Å²) in [6.07, 6.45) is 4.46. The molecule has 4 rings (SSSR count). The number of ether oxygens (including phenoxy) is 2. The molecule has 0 atom stereocenters. The van der Waals surface area contributed by atoms with Gasteiger partial charge in [-0.25, -0.2) is 14.6 Å². The van der Waals surface area contributed by atoms with Gasteiger partial charge in [-0.15, -0.1) is 0 Å². The number of anilines is 1. The number of benzene rings is 1. The van der Waals surface area contributed by atoms with Crippen LogP contribution in [0.5, 0.6) is 11.5 Å². The highest BCUT2D eigenvalue weighted by Gasteiger charge is 2.21. The number of nitrogens with zero attached hydrogens (tertiary/aromatic N) is 5. The molecular weight excluding hydrogens is 452 g/mol. The Kier molecular flexibility index (Phi) is 7.77. The number of nitrogens with one attached hydrogen (secondary N) is 1. The molecule has 182 valence electrons. The predicted octanol–water partition coefficient (Wildman–Crippen LogP) is 3.30. The Morgan fingerprint density at radius 2 is 1.91 bits per heavy atom. The summed E-state index contributed by atoms with van der Waals surface area (Å²) >= 11 is 1.65. The number of hydrogen-bond acceptors (Lipinski definition) is 8. The quantitative estimate of drug-likeness (QED) is 0.346. The number of hydrogen-bond donors (Lipinski definition) is 1. The van der Waals surface area contributed by atoms with Gasteiger partial charge in [0.15, 0.2) is 22.3 Å². The van der Waals surface area contributed by atoms with Gasteiger partial charge in [0, 0.05) is 24.9 Å². The van der Waals surface area contributed by atoms with Crippen LogP contribution in [0.4, 0.5) is 5.82 Å². The molecule has 0 radical (unpaired) electrons. The maximum atomic E-state index is 12.5. The molecular formula is C24H32N6O3S. The molecule has 0 bridgehead atoms. The van der Waals surface area contributed by atoms with Crippen molar-refractivity contribution in [1.29, 1.82) is 0 Å². The highest BCUT2D eigenvalue weighted by Crippen LogP contribution is 2.31. The molecule has 1 N–H and O–H groups in total. The molecule has 3 aromatic rings. The molecule has 9 nitrogen and oxygen atoms in total. The average Bonchev–Trinajstić information content (AvgIpc) is 3.49. The fourth-order valence-corrected chi connectivity index (χ4v) is 4.76. The maximum absolute atomic E-state index is 12.5. The monoisotopic (exact) mass is 484 g/mol. The summed E-state index contributed by atoms with van der Waals surface area (Å²) in [5, 5.41) is 9.67. The first kappa shape index (κ1) is 24.1. The van der Waals surface area contributed by atoms with Gasteiger partial charge in [-0.3, -0.25) is 4.79 Å². The van der Waals surface area contributed by atoms with Crippen LogP contribution in [0.2, 0.25) is 0 Å². The van der Waals surface area contributed by atoms with Crippen molar-refractivity contribution in [3.8, 4) is 11.5 Å². The molecule has 0 spiro atoms. The Morgan fingerprint density at radius 3 is 2.62 bits per heavy atom. The van der Waals surface area contributed by atoms with Crippen molar-refractivity contribution < 1.29 is 14.3 Å². The van der Waals surface area contributed by atoms with Crippen molar-refractivity contribution in [2.45, 2.75) is 50.1 Å². The van der Waals surface area contributed by atoms with E-state index in [9.17, 15) is 4.79 Å². The van der Waals surface area contributed by atoms with Crippen LogP contribution < -0.4 is 19.7 Å². The number of amides is 1. The van der Waals surface area contributed by atoms with Gasteiger partial charge in [0.05, 0.1) is 38.8 Å². The zero-order valence-electron chi connectivity index (χ0n) is 20.2. The van der Waals surface area contributed by atoms with Crippen molar-refractivity contribution in [1.82, 2.24) is 25.1 Å². The van der Waals surface area contributed by atoms with E-state index in [-0.39, 0.29) is 12.3 Å². The molecule has 3 heterocycles. The summed E-state index contributed by atoms with van der Waals surface area (Å²) in [5.74, 6) is 2.16. The number of rotatable bonds is 10. The number of thioether (sulfide) groups is 1. The van der Waals surface area contributed by atoms with Gasteiger partial charge in [-0.2, -0.15) is 5.10 Å². The van der Waals surface area contributed by atoms with Gasteiger partial charge >= 0.3 is 0 Å². The summed E-state index contributed by atoms with van der Waals surface area (Å²) in [7, 11) is 3.17. The van der Waals surface area contributed by atoms with Gasteiger partial charge in [0.1, 0.15) is 5.82 Å². The van der Waals surface area contributed by atoms with Crippen molar-refractivity contribution >= 4 is 34.5 Å². The number of carbonyl (C=O) groups is 1. The van der Waals surface area contributed by atoms with E-state index in [0.717, 1.165) is 40.7 Å². The third kappa shape index (κ3) is 5.55. The first-order valence-corrected chi connectivity index (χ1v) is 12.5. The summed E-state index contributed by atoms with van der Waals surface area (Å²) in [6, 6.07) is 5.50. The van der Waals surface area contributed by atoms with E-state index >= 15 is 0 Å². The standard InChI is InChI=1S/C24H32N6O3S/c1-16(2)34-24-27-22(29-10-5-6-11-29)18-15-26-30(23(18)28-24)12-9-25-21(31)14-17-7-8-19(32-3)20(13-17)33-4/h7-8,13,15-16H,5-6,9-12,14H2,1-4H3,(H,25,31). The van der Waals surface area contributed by atoms with Gasteiger partial charge in [-0.1, -0.05) is 31.7 Å². The Balaban J connectivity index is 1.44. The minimum absolute atomic E-state index is 0.0629. The van der Waals surface area contributed by atoms with Crippen LogP contribution in [0.15, 0.2) is 29.6 Å². The summed E-state index contributed by atoms with van der Waals surface area (Å²) in [6.45, 7) is 7.28. The first-order chi connectivity index (χ1) is 16.5. The van der Waals surface area contributed by atoms with E-state index in [1.807, 2.05) is 29.1 Å². The molecule has 1 saturated heterocycles. The summed E-state index contributed by atoms with van der Waals surface area (Å²) in [4.78, 5) is 24.5. The molecule has 2 aromatic heterocycles. The third-order valence-corrected chi connectivity index (χ3v) is 6.53. The second-order valence-corrected chi connectivity index (χ2v) is 10.1. The molecule has 1 fully saturated rings. The molecule has 34 heavy (non-hydrogen) atoms. The molecule has 0 saturated carbocycles. The largest absolute Gasteiger partial charge is 0.493 e. The lowest BCUT2D eigenvalue weighted by molar-refractivity contribution is -0.120. The first-order valence-electron chi connectivity index (χ1n) is 11.6. The van der Waals surface area contributed by atoms with Crippen LogP contribution in [0, 0.1) is 0 Å². The SMILES string of the molecule is COc1ccc(CC(=O)NCCn2ncc3c(N4CCCC4)nc(SC(C)C)nc32)cc1OC. The Hall–Kier alpha value is -3.01. The number of fused-ring (bicyclic) bond motifs is 1. The van der Waals surface area contributed by atoms with Crippen molar-refractivity contribution in [2.24, 2.45) is 0 Å². The highest BCUT2D eigenvalue weighted by atomic mass is 32.2. The fraction of sp³-hybridized carbons (Fsp3) is 0.500. The second kappa shape index (κ2) is 10.9. The average molecular weight is 485 g/mol. The van der Waals surface area contributed by atoms with Gasteiger partial charge < -0.3 is 19.7 Å². The van der Waals surface area contributed by atoms with E-state index in [1.54, 1.807) is 26.0 Å². The topological polar surface area (TPSA) is 94.4 Å². The highest BCUT2D eigenvalue weighted by molar-refractivity contribution is 7.99. The molecule has 1 aromatic carbocycles. The summed E-state index contributed by atoms with van der Waals surface area (Å²) < 4.78 is 12.4. The smallest absolute Gasteiger partial charge is 0.224 e. The molecule has 0 aliphatic carbocycles. The van der Waals surface area contributed by atoms with Gasteiger partial charge in [0.25, 0.3) is 0 Å². The lowest BCUT2D eigenvalue weighted by Gasteiger charge is -2.18. The Morgan fingerprint density at radius 1 is 1.15 bits per heavy atom. The fourth-order valence-electron chi connectivity index (χ4n) is 4.06. The van der Waals surface area contributed by atoms with Crippen molar-refractivity contribution in [3.05, 3.63) is 30.0 Å². The van der Waals surface area contributed by atoms with Crippen LogP contribution in [0.25, 0.3) is 11.0 Å². The molecule has 0 unspecified atom stereocenters. The van der Waals surface area contributed by atoms with Crippen molar-refractivity contribution in [3.63, 3.8) is 0 Å². The normalized spacial score (nSPS) is 13.6. The number of methoxy groups -OCH3 is 2. The lowest BCUT2D eigenvalue weighted by Crippen LogP contribution is -2.29. The Labute approximate surface area is 204 Å². The van der Waals surface area contributed by atoms with Crippen LogP contribution >= 0.6 is 11.8 Å².